The summed E-state index contributed by atoms with van der Waals surface area (Å²) in [6.45, 7) is 3.62. The van der Waals surface area contributed by atoms with Gasteiger partial charge in [0.15, 0.2) is 0 Å². The number of anilines is 1. The molecule has 2 aromatic carbocycles. The normalized spacial score (nSPS) is 11.1. The van der Waals surface area contributed by atoms with Crippen molar-refractivity contribution in [2.24, 2.45) is 0 Å². The number of halogens is 1. The molecule has 0 aliphatic heterocycles. The molecule has 0 bridgehead atoms. The van der Waals surface area contributed by atoms with Crippen LogP contribution in [-0.2, 0) is 19.5 Å². The number of benzene rings is 2. The summed E-state index contributed by atoms with van der Waals surface area (Å²) in [4.78, 5) is 24.7. The monoisotopic (exact) mass is 477 g/mol. The lowest BCUT2D eigenvalue weighted by Gasteiger charge is -2.09. The molecule has 32 heavy (non-hydrogen) atoms. The van der Waals surface area contributed by atoms with Crippen molar-refractivity contribution in [3.8, 4) is 10.4 Å². The molecule has 10 heteroatoms. The summed E-state index contributed by atoms with van der Waals surface area (Å²) in [6, 6.07) is 12.3. The molecule has 0 spiro atoms. The van der Waals surface area contributed by atoms with E-state index in [0.29, 0.717) is 10.4 Å². The second kappa shape index (κ2) is 9.92. The van der Waals surface area contributed by atoms with E-state index in [4.69, 9.17) is 9.47 Å². The predicted octanol–water partition coefficient (Wildman–Crippen LogP) is 4.71. The summed E-state index contributed by atoms with van der Waals surface area (Å²) in [7, 11) is -4.08. The Hall–Kier alpha value is -3.24. The van der Waals surface area contributed by atoms with Crippen LogP contribution >= 0.6 is 11.3 Å². The Balaban J connectivity index is 1.94. The van der Waals surface area contributed by atoms with Gasteiger partial charge in [0.25, 0.3) is 10.0 Å². The highest BCUT2D eigenvalue weighted by Crippen LogP contribution is 2.36. The molecule has 168 valence electrons. The Bertz CT molecular complexity index is 1220. The molecular formula is C22H20FNO6S2. The number of carbonyl (C=O) groups is 2. The maximum Gasteiger partial charge on any atom is 0.350 e. The van der Waals surface area contributed by atoms with E-state index in [9.17, 15) is 22.4 Å². The van der Waals surface area contributed by atoms with Crippen LogP contribution in [-0.4, -0.2) is 33.6 Å². The van der Waals surface area contributed by atoms with E-state index >= 15 is 0 Å². The van der Waals surface area contributed by atoms with Gasteiger partial charge in [0, 0.05) is 4.88 Å². The molecule has 0 aliphatic rings. The first kappa shape index (κ1) is 23.4. The van der Waals surface area contributed by atoms with Crippen molar-refractivity contribution >= 4 is 39.0 Å². The molecule has 0 saturated heterocycles. The fraction of sp³-hybridized carbons (Fsp3) is 0.182. The van der Waals surface area contributed by atoms with Gasteiger partial charge >= 0.3 is 11.9 Å². The standard InChI is InChI=1S/C22H20FNO6S2/c1-3-29-21(25)15-7-11-17(12-8-15)32(27,28)24-18-13-19(14-5-9-16(23)10-6-14)31-20(18)22(26)30-4-2/h5-13,24H,3-4H2,1-2H3. The zero-order valence-corrected chi connectivity index (χ0v) is 18.9. The quantitative estimate of drug-likeness (QED) is 0.472. The highest BCUT2D eigenvalue weighted by molar-refractivity contribution is 7.92. The fourth-order valence-corrected chi connectivity index (χ4v) is 4.90. The second-order valence-electron chi connectivity index (χ2n) is 6.43. The molecule has 0 fully saturated rings. The van der Waals surface area contributed by atoms with Crippen LogP contribution in [0.1, 0.15) is 33.9 Å². The number of esters is 2. The molecule has 1 heterocycles. The van der Waals surface area contributed by atoms with E-state index in [1.165, 1.54) is 54.6 Å². The van der Waals surface area contributed by atoms with E-state index in [1.54, 1.807) is 13.8 Å². The summed E-state index contributed by atoms with van der Waals surface area (Å²) < 4.78 is 51.4. The Morgan fingerprint density at radius 1 is 0.938 bits per heavy atom. The Morgan fingerprint density at radius 2 is 1.53 bits per heavy atom. The average molecular weight is 478 g/mol. The van der Waals surface area contributed by atoms with Crippen LogP contribution in [0.25, 0.3) is 10.4 Å². The molecular weight excluding hydrogens is 457 g/mol. The molecule has 1 N–H and O–H groups in total. The van der Waals surface area contributed by atoms with Gasteiger partial charge in [0.05, 0.1) is 29.4 Å². The Kier molecular flexibility index (Phi) is 7.26. The largest absolute Gasteiger partial charge is 0.462 e. The minimum atomic E-state index is -4.08. The minimum absolute atomic E-state index is 0.0437. The minimum Gasteiger partial charge on any atom is -0.462 e. The van der Waals surface area contributed by atoms with Crippen LogP contribution in [0.2, 0.25) is 0 Å². The third kappa shape index (κ3) is 5.32. The van der Waals surface area contributed by atoms with E-state index in [-0.39, 0.29) is 34.2 Å². The van der Waals surface area contributed by atoms with E-state index in [2.05, 4.69) is 4.72 Å². The first-order chi connectivity index (χ1) is 15.2. The molecule has 0 aliphatic carbocycles. The number of hydrogen-bond donors (Lipinski definition) is 1. The highest BCUT2D eigenvalue weighted by atomic mass is 32.2. The lowest BCUT2D eigenvalue weighted by atomic mass is 10.2. The van der Waals surface area contributed by atoms with Crippen LogP contribution in [0.5, 0.6) is 0 Å². The van der Waals surface area contributed by atoms with E-state index in [1.807, 2.05) is 0 Å². The van der Waals surface area contributed by atoms with Crippen LogP contribution < -0.4 is 4.72 Å². The Labute approximate surface area is 188 Å². The van der Waals surface area contributed by atoms with E-state index < -0.39 is 27.8 Å². The molecule has 0 amide bonds. The van der Waals surface area contributed by atoms with Crippen molar-refractivity contribution in [1.82, 2.24) is 0 Å². The number of sulfonamides is 1. The molecule has 0 unspecified atom stereocenters. The van der Waals surface area contributed by atoms with Gasteiger partial charge in [0.2, 0.25) is 0 Å². The summed E-state index contributed by atoms with van der Waals surface area (Å²) in [5.74, 6) is -1.65. The fourth-order valence-electron chi connectivity index (χ4n) is 2.76. The third-order valence-corrected chi connectivity index (χ3v) is 6.79. The summed E-state index contributed by atoms with van der Waals surface area (Å²) in [6.07, 6.45) is 0. The molecule has 3 aromatic rings. The first-order valence-electron chi connectivity index (χ1n) is 9.62. The lowest BCUT2D eigenvalue weighted by molar-refractivity contribution is 0.0519. The summed E-state index contributed by atoms with van der Waals surface area (Å²) in [5.41, 5.74) is 0.876. The van der Waals surface area contributed by atoms with Gasteiger partial charge in [-0.05, 0) is 61.9 Å². The van der Waals surface area contributed by atoms with Gasteiger partial charge in [-0.15, -0.1) is 11.3 Å². The van der Waals surface area contributed by atoms with Gasteiger partial charge in [-0.2, -0.15) is 0 Å². The number of carbonyl (C=O) groups excluding carboxylic acids is 2. The predicted molar refractivity (Wildman–Crippen MR) is 119 cm³/mol. The second-order valence-corrected chi connectivity index (χ2v) is 9.17. The zero-order valence-electron chi connectivity index (χ0n) is 17.3. The van der Waals surface area contributed by atoms with Gasteiger partial charge in [-0.25, -0.2) is 22.4 Å². The van der Waals surface area contributed by atoms with Crippen molar-refractivity contribution in [2.75, 3.05) is 17.9 Å². The van der Waals surface area contributed by atoms with Crippen LogP contribution in [0.4, 0.5) is 10.1 Å². The molecule has 0 radical (unpaired) electrons. The first-order valence-corrected chi connectivity index (χ1v) is 11.9. The zero-order chi connectivity index (χ0) is 23.3. The lowest BCUT2D eigenvalue weighted by Crippen LogP contribution is -2.15. The maximum absolute atomic E-state index is 13.3. The average Bonchev–Trinajstić information content (AvgIpc) is 3.18. The molecule has 7 nitrogen and oxygen atoms in total. The van der Waals surface area contributed by atoms with Crippen LogP contribution in [0, 0.1) is 5.82 Å². The number of rotatable bonds is 8. The van der Waals surface area contributed by atoms with E-state index in [0.717, 1.165) is 11.3 Å². The maximum atomic E-state index is 13.3. The summed E-state index contributed by atoms with van der Waals surface area (Å²) >= 11 is 1.03. The van der Waals surface area contributed by atoms with Crippen molar-refractivity contribution in [1.29, 1.82) is 0 Å². The smallest absolute Gasteiger partial charge is 0.350 e. The number of thiophene rings is 1. The Morgan fingerprint density at radius 3 is 2.12 bits per heavy atom. The van der Waals surface area contributed by atoms with Crippen LogP contribution in [0.15, 0.2) is 59.5 Å². The van der Waals surface area contributed by atoms with Crippen molar-refractivity contribution in [3.05, 3.63) is 70.9 Å². The van der Waals surface area contributed by atoms with Crippen molar-refractivity contribution in [3.63, 3.8) is 0 Å². The van der Waals surface area contributed by atoms with Crippen molar-refractivity contribution in [2.45, 2.75) is 18.7 Å². The topological polar surface area (TPSA) is 98.8 Å². The summed E-state index contributed by atoms with van der Waals surface area (Å²) in [5, 5.41) is 0. The van der Waals surface area contributed by atoms with Gasteiger partial charge in [0.1, 0.15) is 10.7 Å². The highest BCUT2D eigenvalue weighted by Gasteiger charge is 2.23. The van der Waals surface area contributed by atoms with Gasteiger partial charge in [-0.3, -0.25) is 4.72 Å². The molecule has 0 saturated carbocycles. The molecule has 3 rings (SSSR count). The van der Waals surface area contributed by atoms with Crippen molar-refractivity contribution < 1.29 is 31.9 Å². The molecule has 1 aromatic heterocycles. The van der Waals surface area contributed by atoms with Gasteiger partial charge in [-0.1, -0.05) is 12.1 Å². The number of ether oxygens (including phenoxy) is 2. The third-order valence-electron chi connectivity index (χ3n) is 4.24. The SMILES string of the molecule is CCOC(=O)c1ccc(S(=O)(=O)Nc2cc(-c3ccc(F)cc3)sc2C(=O)OCC)cc1. The van der Waals surface area contributed by atoms with Gasteiger partial charge < -0.3 is 9.47 Å². The number of hydrogen-bond acceptors (Lipinski definition) is 7. The van der Waals surface area contributed by atoms with Crippen LogP contribution in [0.3, 0.4) is 0 Å². The number of nitrogens with one attached hydrogen (secondary N) is 1. The molecule has 0 atom stereocenters.